The third-order valence-electron chi connectivity index (χ3n) is 4.53. The van der Waals surface area contributed by atoms with Gasteiger partial charge in [0.15, 0.2) is 0 Å². The van der Waals surface area contributed by atoms with E-state index in [4.69, 9.17) is 4.74 Å². The van der Waals surface area contributed by atoms with Crippen molar-refractivity contribution in [3.05, 3.63) is 71.9 Å². The molecule has 28 heavy (non-hydrogen) atoms. The normalized spacial score (nSPS) is 10.5. The monoisotopic (exact) mass is 375 g/mol. The Hall–Kier alpha value is -3.34. The quantitative estimate of drug-likeness (QED) is 0.579. The average molecular weight is 375 g/mol. The molecule has 2 aromatic carbocycles. The summed E-state index contributed by atoms with van der Waals surface area (Å²) in [5.41, 5.74) is 4.92. The van der Waals surface area contributed by atoms with Crippen molar-refractivity contribution in [1.29, 1.82) is 0 Å². The summed E-state index contributed by atoms with van der Waals surface area (Å²) < 4.78 is 5.45. The van der Waals surface area contributed by atoms with Gasteiger partial charge in [-0.2, -0.15) is 0 Å². The molecule has 0 saturated heterocycles. The summed E-state index contributed by atoms with van der Waals surface area (Å²) in [6.45, 7) is 8.24. The highest BCUT2D eigenvalue weighted by molar-refractivity contribution is 6.09. The Labute approximate surface area is 165 Å². The summed E-state index contributed by atoms with van der Waals surface area (Å²) in [5.74, 6) is 0.468. The van der Waals surface area contributed by atoms with Gasteiger partial charge in [-0.25, -0.2) is 0 Å². The number of aromatic nitrogens is 1. The first-order chi connectivity index (χ1) is 13.5. The van der Waals surface area contributed by atoms with Gasteiger partial charge in [0.2, 0.25) is 0 Å². The maximum Gasteiger partial charge on any atom is 0.255 e. The fourth-order valence-corrected chi connectivity index (χ4v) is 3.08. The molecular formula is C23H25N3O2. The van der Waals surface area contributed by atoms with E-state index in [-0.39, 0.29) is 5.91 Å². The Morgan fingerprint density at radius 2 is 1.96 bits per heavy atom. The summed E-state index contributed by atoms with van der Waals surface area (Å²) >= 11 is 0. The lowest BCUT2D eigenvalue weighted by molar-refractivity contribution is 0.0957. The molecule has 0 atom stereocenters. The fourth-order valence-electron chi connectivity index (χ4n) is 3.08. The third-order valence-corrected chi connectivity index (χ3v) is 4.53. The number of carbonyl (C=O) groups is 1. The van der Waals surface area contributed by atoms with Crippen molar-refractivity contribution in [2.24, 2.45) is 0 Å². The SMILES string of the molecule is C=C(C)CNC(=O)c1cnc2c(OC)cccc2c1Nc1ccccc1CC. The maximum absolute atomic E-state index is 12.8. The van der Waals surface area contributed by atoms with Crippen molar-refractivity contribution in [3.8, 4) is 5.75 Å². The highest BCUT2D eigenvalue weighted by atomic mass is 16.5. The molecule has 144 valence electrons. The standard InChI is InChI=1S/C23H25N3O2/c1-5-16-9-6-7-11-19(16)26-21-17-10-8-12-20(28-4)22(17)24-14-18(21)23(27)25-13-15(2)3/h6-12,14H,2,5,13H2,1,3-4H3,(H,24,26)(H,25,27). The van der Waals surface area contributed by atoms with E-state index in [1.807, 2.05) is 43.3 Å². The zero-order valence-electron chi connectivity index (χ0n) is 16.5. The number of pyridine rings is 1. The van der Waals surface area contributed by atoms with Crippen LogP contribution in [0.3, 0.4) is 0 Å². The van der Waals surface area contributed by atoms with Crippen LogP contribution in [0, 0.1) is 0 Å². The van der Waals surface area contributed by atoms with Crippen molar-refractivity contribution in [2.45, 2.75) is 20.3 Å². The number of hydrogen-bond donors (Lipinski definition) is 2. The van der Waals surface area contributed by atoms with E-state index in [1.54, 1.807) is 13.3 Å². The number of fused-ring (bicyclic) bond motifs is 1. The van der Waals surface area contributed by atoms with Gasteiger partial charge in [-0.1, -0.05) is 49.4 Å². The molecule has 0 radical (unpaired) electrons. The molecule has 2 N–H and O–H groups in total. The van der Waals surface area contributed by atoms with Crippen LogP contribution in [-0.2, 0) is 6.42 Å². The first-order valence-corrected chi connectivity index (χ1v) is 9.28. The molecule has 0 aliphatic heterocycles. The van der Waals surface area contributed by atoms with Crippen LogP contribution in [0.1, 0.15) is 29.8 Å². The van der Waals surface area contributed by atoms with E-state index in [0.29, 0.717) is 29.1 Å². The molecule has 1 amide bonds. The molecule has 0 saturated carbocycles. The molecule has 0 unspecified atom stereocenters. The predicted molar refractivity (Wildman–Crippen MR) is 115 cm³/mol. The first-order valence-electron chi connectivity index (χ1n) is 9.28. The van der Waals surface area contributed by atoms with Crippen LogP contribution in [0.4, 0.5) is 11.4 Å². The molecule has 3 aromatic rings. The lowest BCUT2D eigenvalue weighted by Crippen LogP contribution is -2.26. The molecule has 1 heterocycles. The summed E-state index contributed by atoms with van der Waals surface area (Å²) in [4.78, 5) is 17.3. The molecule has 3 rings (SSSR count). The molecule has 0 bridgehead atoms. The van der Waals surface area contributed by atoms with Crippen LogP contribution in [-0.4, -0.2) is 24.5 Å². The minimum absolute atomic E-state index is 0.198. The van der Waals surface area contributed by atoms with Crippen molar-refractivity contribution >= 4 is 28.2 Å². The highest BCUT2D eigenvalue weighted by Crippen LogP contribution is 2.34. The van der Waals surface area contributed by atoms with Crippen LogP contribution < -0.4 is 15.4 Å². The van der Waals surface area contributed by atoms with Crippen LogP contribution in [0.15, 0.2) is 60.8 Å². The number of aryl methyl sites for hydroxylation is 1. The van der Waals surface area contributed by atoms with E-state index in [2.05, 4.69) is 35.2 Å². The van der Waals surface area contributed by atoms with E-state index in [1.165, 1.54) is 5.56 Å². The number of para-hydroxylation sites is 2. The molecule has 1 aromatic heterocycles. The molecule has 0 aliphatic rings. The van der Waals surface area contributed by atoms with Crippen LogP contribution in [0.2, 0.25) is 0 Å². The largest absolute Gasteiger partial charge is 0.494 e. The highest BCUT2D eigenvalue weighted by Gasteiger charge is 2.18. The Kier molecular flexibility index (Phi) is 5.94. The van der Waals surface area contributed by atoms with Crippen molar-refractivity contribution in [3.63, 3.8) is 0 Å². The second-order valence-electron chi connectivity index (χ2n) is 6.68. The van der Waals surface area contributed by atoms with Gasteiger partial charge in [0, 0.05) is 23.8 Å². The Morgan fingerprint density at radius 1 is 1.18 bits per heavy atom. The number of methoxy groups -OCH3 is 1. The van der Waals surface area contributed by atoms with Gasteiger partial charge in [-0.15, -0.1) is 0 Å². The molecular weight excluding hydrogens is 350 g/mol. The molecule has 0 aliphatic carbocycles. The van der Waals surface area contributed by atoms with Gasteiger partial charge in [0.25, 0.3) is 5.91 Å². The number of nitrogens with one attached hydrogen (secondary N) is 2. The van der Waals surface area contributed by atoms with E-state index in [9.17, 15) is 4.79 Å². The molecule has 0 spiro atoms. The summed E-state index contributed by atoms with van der Waals surface area (Å²) in [7, 11) is 1.61. The van der Waals surface area contributed by atoms with Crippen molar-refractivity contribution < 1.29 is 9.53 Å². The minimum Gasteiger partial charge on any atom is -0.494 e. The first kappa shape index (κ1) is 19.4. The number of benzene rings is 2. The lowest BCUT2D eigenvalue weighted by atomic mass is 10.1. The zero-order chi connectivity index (χ0) is 20.1. The van der Waals surface area contributed by atoms with Gasteiger partial charge in [0.05, 0.1) is 18.4 Å². The Balaban J connectivity index is 2.16. The number of nitrogens with zero attached hydrogens (tertiary/aromatic N) is 1. The van der Waals surface area contributed by atoms with Gasteiger partial charge in [0.1, 0.15) is 11.3 Å². The Morgan fingerprint density at radius 3 is 2.68 bits per heavy atom. The van der Waals surface area contributed by atoms with Gasteiger partial charge >= 0.3 is 0 Å². The average Bonchev–Trinajstić information content (AvgIpc) is 2.72. The second-order valence-corrected chi connectivity index (χ2v) is 6.68. The number of amides is 1. The molecule has 5 heteroatoms. The van der Waals surface area contributed by atoms with Crippen LogP contribution in [0.25, 0.3) is 10.9 Å². The van der Waals surface area contributed by atoms with Gasteiger partial charge in [-0.05, 0) is 31.0 Å². The predicted octanol–water partition coefficient (Wildman–Crippen LogP) is 4.86. The fraction of sp³-hybridized carbons (Fsp3) is 0.217. The lowest BCUT2D eigenvalue weighted by Gasteiger charge is -2.17. The smallest absolute Gasteiger partial charge is 0.255 e. The third kappa shape index (κ3) is 3.98. The summed E-state index contributed by atoms with van der Waals surface area (Å²) in [6.07, 6.45) is 2.47. The van der Waals surface area contributed by atoms with Crippen LogP contribution >= 0.6 is 0 Å². The minimum atomic E-state index is -0.198. The second kappa shape index (κ2) is 8.57. The molecule has 0 fully saturated rings. The number of rotatable bonds is 7. The topological polar surface area (TPSA) is 63.2 Å². The number of carbonyl (C=O) groups excluding carboxylic acids is 1. The molecule has 5 nitrogen and oxygen atoms in total. The maximum atomic E-state index is 12.8. The van der Waals surface area contributed by atoms with E-state index < -0.39 is 0 Å². The van der Waals surface area contributed by atoms with Gasteiger partial charge < -0.3 is 15.4 Å². The number of ether oxygens (including phenoxy) is 1. The number of anilines is 2. The number of hydrogen-bond acceptors (Lipinski definition) is 4. The van der Waals surface area contributed by atoms with E-state index >= 15 is 0 Å². The van der Waals surface area contributed by atoms with Crippen LogP contribution in [0.5, 0.6) is 5.75 Å². The zero-order valence-corrected chi connectivity index (χ0v) is 16.5. The van der Waals surface area contributed by atoms with Gasteiger partial charge in [-0.3, -0.25) is 9.78 Å². The summed E-state index contributed by atoms with van der Waals surface area (Å²) in [5, 5.41) is 7.20. The van der Waals surface area contributed by atoms with Crippen molar-refractivity contribution in [2.75, 3.05) is 19.0 Å². The van der Waals surface area contributed by atoms with E-state index in [0.717, 1.165) is 23.1 Å². The summed E-state index contributed by atoms with van der Waals surface area (Å²) in [6, 6.07) is 13.8. The van der Waals surface area contributed by atoms with Crippen molar-refractivity contribution in [1.82, 2.24) is 10.3 Å². The Bertz CT molecular complexity index is 1030.